The van der Waals surface area contributed by atoms with Crippen LogP contribution in [-0.4, -0.2) is 44.9 Å². The van der Waals surface area contributed by atoms with E-state index in [1.807, 2.05) is 19.9 Å². The first kappa shape index (κ1) is 20.9. The number of esters is 2. The van der Waals surface area contributed by atoms with Gasteiger partial charge in [0.2, 0.25) is 5.91 Å². The molecule has 27 heavy (non-hydrogen) atoms. The van der Waals surface area contributed by atoms with Crippen molar-refractivity contribution in [3.63, 3.8) is 0 Å². The molecule has 1 aromatic carbocycles. The average Bonchev–Trinajstić information content (AvgIpc) is 2.89. The average molecular weight is 377 g/mol. The highest BCUT2D eigenvalue weighted by molar-refractivity contribution is 6.08. The Kier molecular flexibility index (Phi) is 7.36. The van der Waals surface area contributed by atoms with E-state index in [1.165, 1.54) is 12.0 Å². The zero-order chi connectivity index (χ0) is 19.9. The van der Waals surface area contributed by atoms with Gasteiger partial charge >= 0.3 is 11.9 Å². The molecule has 0 aliphatic carbocycles. The van der Waals surface area contributed by atoms with Crippen molar-refractivity contribution >= 4 is 23.5 Å². The van der Waals surface area contributed by atoms with Crippen LogP contribution in [0.1, 0.15) is 45.1 Å². The van der Waals surface area contributed by atoms with E-state index in [9.17, 15) is 14.4 Å². The maximum atomic E-state index is 13.3. The van der Waals surface area contributed by atoms with Crippen LogP contribution in [0.5, 0.6) is 0 Å². The van der Waals surface area contributed by atoms with Crippen LogP contribution in [0.2, 0.25) is 0 Å². The maximum Gasteiger partial charge on any atom is 0.305 e. The molecule has 1 aliphatic heterocycles. The molecule has 0 saturated heterocycles. The molecular weight excluding hydrogens is 350 g/mol. The quantitative estimate of drug-likeness (QED) is 0.583. The molecule has 2 rings (SSSR count). The number of ether oxygens (including phenoxy) is 3. The molecule has 0 unspecified atom stereocenters. The minimum absolute atomic E-state index is 0.0589. The number of hydrogen-bond acceptors (Lipinski definition) is 6. The first-order chi connectivity index (χ1) is 13.0. The molecule has 1 aliphatic rings. The topological polar surface area (TPSA) is 82.1 Å². The van der Waals surface area contributed by atoms with E-state index in [4.69, 9.17) is 14.2 Å². The molecule has 148 valence electrons. The largest absolute Gasteiger partial charge is 0.464 e. The lowest BCUT2D eigenvalue weighted by molar-refractivity contribution is -0.152. The van der Waals surface area contributed by atoms with Gasteiger partial charge in [-0.25, -0.2) is 0 Å². The first-order valence-electron chi connectivity index (χ1n) is 9.21. The second kappa shape index (κ2) is 9.50. The third kappa shape index (κ3) is 4.47. The second-order valence-electron chi connectivity index (χ2n) is 6.57. The maximum absolute atomic E-state index is 13.3. The summed E-state index contributed by atoms with van der Waals surface area (Å²) >= 11 is 0. The van der Waals surface area contributed by atoms with Crippen molar-refractivity contribution in [3.8, 4) is 0 Å². The normalized spacial score (nSPS) is 14.8. The van der Waals surface area contributed by atoms with Crippen LogP contribution in [-0.2, 0) is 34.0 Å². The molecule has 0 saturated carbocycles. The van der Waals surface area contributed by atoms with Gasteiger partial charge in [-0.05, 0) is 24.5 Å². The van der Waals surface area contributed by atoms with Crippen LogP contribution in [0.4, 0.5) is 5.69 Å². The molecule has 0 bridgehead atoms. The number of fused-ring (bicyclic) bond motifs is 1. The molecule has 1 heterocycles. The van der Waals surface area contributed by atoms with E-state index < -0.39 is 5.41 Å². The lowest BCUT2D eigenvalue weighted by atomic mass is 9.83. The third-order valence-electron chi connectivity index (χ3n) is 4.49. The number of rotatable bonds is 10. The van der Waals surface area contributed by atoms with E-state index >= 15 is 0 Å². The van der Waals surface area contributed by atoms with Crippen LogP contribution in [0.25, 0.3) is 0 Å². The summed E-state index contributed by atoms with van der Waals surface area (Å²) in [5.74, 6) is -1.07. The lowest BCUT2D eigenvalue weighted by Crippen LogP contribution is -2.48. The van der Waals surface area contributed by atoms with Crippen LogP contribution in [0.3, 0.4) is 0 Å². The van der Waals surface area contributed by atoms with E-state index in [0.29, 0.717) is 24.1 Å². The van der Waals surface area contributed by atoms with E-state index in [-0.39, 0.29) is 50.6 Å². The summed E-state index contributed by atoms with van der Waals surface area (Å²) in [5, 5.41) is 0. The molecule has 1 amide bonds. The van der Waals surface area contributed by atoms with Crippen LogP contribution in [0.15, 0.2) is 24.3 Å². The number of carbonyl (C=O) groups excluding carboxylic acids is 3. The SMILES string of the molecule is CCCC(=O)OCC1(COC(=O)CCC)C(=O)N(COC)c2ccccc21. The first-order valence-corrected chi connectivity index (χ1v) is 9.21. The van der Waals surface area contributed by atoms with Gasteiger partial charge in [-0.15, -0.1) is 0 Å². The van der Waals surface area contributed by atoms with Crippen LogP contribution < -0.4 is 4.90 Å². The van der Waals surface area contributed by atoms with Gasteiger partial charge in [0.05, 0.1) is 5.69 Å². The summed E-state index contributed by atoms with van der Waals surface area (Å²) in [4.78, 5) is 38.6. The standard InChI is InChI=1S/C20H27NO6/c1-4-8-17(22)26-12-20(13-27-18(23)9-5-2)15-10-6-7-11-16(15)21(14-25-3)19(20)24/h6-7,10-11H,4-5,8-9,12-14H2,1-3H3. The van der Waals surface area contributed by atoms with Crippen molar-refractivity contribution in [1.29, 1.82) is 0 Å². The Morgan fingerprint density at radius 2 is 1.56 bits per heavy atom. The summed E-state index contributed by atoms with van der Waals surface area (Å²) in [6, 6.07) is 7.22. The second-order valence-corrected chi connectivity index (χ2v) is 6.57. The fourth-order valence-corrected chi connectivity index (χ4v) is 3.13. The fraction of sp³-hybridized carbons (Fsp3) is 0.550. The molecule has 7 nitrogen and oxygen atoms in total. The molecule has 7 heteroatoms. The molecule has 1 aromatic rings. The number of nitrogens with zero attached hydrogens (tertiary/aromatic N) is 1. The van der Waals surface area contributed by atoms with Gasteiger partial charge in [0.25, 0.3) is 0 Å². The van der Waals surface area contributed by atoms with Gasteiger partial charge in [0, 0.05) is 20.0 Å². The molecule has 0 fully saturated rings. The van der Waals surface area contributed by atoms with Gasteiger partial charge in [-0.2, -0.15) is 0 Å². The summed E-state index contributed by atoms with van der Waals surface area (Å²) in [6.07, 6.45) is 1.84. The van der Waals surface area contributed by atoms with Crippen molar-refractivity contribution in [1.82, 2.24) is 0 Å². The smallest absolute Gasteiger partial charge is 0.305 e. The zero-order valence-electron chi connectivity index (χ0n) is 16.2. The fourth-order valence-electron chi connectivity index (χ4n) is 3.13. The van der Waals surface area contributed by atoms with Crippen molar-refractivity contribution in [2.45, 2.75) is 44.9 Å². The molecule has 0 N–H and O–H groups in total. The number of hydrogen-bond donors (Lipinski definition) is 0. The number of amides is 1. The summed E-state index contributed by atoms with van der Waals surface area (Å²) in [7, 11) is 1.50. The number of carbonyl (C=O) groups is 3. The monoisotopic (exact) mass is 377 g/mol. The predicted octanol–water partition coefficient (Wildman–Crippen LogP) is 2.56. The third-order valence-corrected chi connectivity index (χ3v) is 4.49. The van der Waals surface area contributed by atoms with Crippen LogP contribution in [0, 0.1) is 0 Å². The van der Waals surface area contributed by atoms with Gasteiger partial charge in [0.15, 0.2) is 0 Å². The molecule has 0 spiro atoms. The minimum atomic E-state index is -1.26. The lowest BCUT2D eigenvalue weighted by Gasteiger charge is -2.28. The Morgan fingerprint density at radius 3 is 2.07 bits per heavy atom. The Hall–Kier alpha value is -2.41. The summed E-state index contributed by atoms with van der Waals surface area (Å²) < 4.78 is 16.0. The Labute approximate surface area is 159 Å². The number of methoxy groups -OCH3 is 1. The molecule has 0 radical (unpaired) electrons. The van der Waals surface area contributed by atoms with Crippen molar-refractivity contribution in [3.05, 3.63) is 29.8 Å². The minimum Gasteiger partial charge on any atom is -0.464 e. The van der Waals surface area contributed by atoms with Crippen molar-refractivity contribution in [2.24, 2.45) is 0 Å². The molecule has 0 aromatic heterocycles. The van der Waals surface area contributed by atoms with Gasteiger partial charge in [-0.3, -0.25) is 19.3 Å². The molecule has 0 atom stereocenters. The molecular formula is C20H27NO6. The van der Waals surface area contributed by atoms with Crippen molar-refractivity contribution in [2.75, 3.05) is 32.0 Å². The summed E-state index contributed by atoms with van der Waals surface area (Å²) in [6.45, 7) is 3.45. The van der Waals surface area contributed by atoms with E-state index in [1.54, 1.807) is 18.2 Å². The van der Waals surface area contributed by atoms with E-state index in [2.05, 4.69) is 0 Å². The summed E-state index contributed by atoms with van der Waals surface area (Å²) in [5.41, 5.74) is 0.0742. The zero-order valence-corrected chi connectivity index (χ0v) is 16.2. The Bertz CT molecular complexity index is 665. The van der Waals surface area contributed by atoms with Gasteiger partial charge in [0.1, 0.15) is 25.4 Å². The Morgan fingerprint density at radius 1 is 1.00 bits per heavy atom. The Balaban J connectivity index is 2.36. The highest BCUT2D eigenvalue weighted by atomic mass is 16.5. The number of benzene rings is 1. The number of anilines is 1. The van der Waals surface area contributed by atoms with Crippen LogP contribution >= 0.6 is 0 Å². The predicted molar refractivity (Wildman–Crippen MR) is 99.2 cm³/mol. The van der Waals surface area contributed by atoms with Gasteiger partial charge < -0.3 is 14.2 Å². The van der Waals surface area contributed by atoms with Gasteiger partial charge in [-0.1, -0.05) is 32.0 Å². The number of para-hydroxylation sites is 1. The highest BCUT2D eigenvalue weighted by Gasteiger charge is 2.53. The van der Waals surface area contributed by atoms with E-state index in [0.717, 1.165) is 0 Å². The van der Waals surface area contributed by atoms with Crippen molar-refractivity contribution < 1.29 is 28.6 Å². The highest BCUT2D eigenvalue weighted by Crippen LogP contribution is 2.42.